The molecule has 0 bridgehead atoms. The number of rotatable bonds is 6. The number of anilines is 1. The topological polar surface area (TPSA) is 41.6 Å². The Morgan fingerprint density at radius 1 is 1.12 bits per heavy atom. The summed E-state index contributed by atoms with van der Waals surface area (Å²) in [4.78, 5) is 13.6. The maximum absolute atomic E-state index is 11.8. The highest BCUT2D eigenvalue weighted by molar-refractivity contribution is 5.95. The molecule has 0 aliphatic carbocycles. The normalized spacial score (nSPS) is 14.2. The smallest absolute Gasteiger partial charge is 0.227 e. The Kier molecular flexibility index (Phi) is 5.16. The predicted molar refractivity (Wildman–Crippen MR) is 96.3 cm³/mol. The summed E-state index contributed by atoms with van der Waals surface area (Å²) >= 11 is 0. The van der Waals surface area contributed by atoms with E-state index in [1.807, 2.05) is 23.1 Å². The van der Waals surface area contributed by atoms with E-state index in [-0.39, 0.29) is 5.91 Å². The van der Waals surface area contributed by atoms with E-state index in [1.54, 1.807) is 7.11 Å². The number of nitrogens with zero attached hydrogens (tertiary/aromatic N) is 1. The molecular weight excluding hydrogens is 300 g/mol. The molecule has 1 aliphatic heterocycles. The number of carbonyl (C=O) groups is 1. The molecule has 0 atom stereocenters. The summed E-state index contributed by atoms with van der Waals surface area (Å²) in [6, 6.07) is 14.5. The summed E-state index contributed by atoms with van der Waals surface area (Å²) in [5.74, 6) is 1.14. The van der Waals surface area contributed by atoms with E-state index in [2.05, 4.69) is 36.5 Å². The van der Waals surface area contributed by atoms with Crippen LogP contribution in [0.2, 0.25) is 0 Å². The number of methoxy groups -OCH3 is 1. The van der Waals surface area contributed by atoms with Gasteiger partial charge in [0.05, 0.1) is 7.11 Å². The number of hydrogen-bond acceptors (Lipinski definition) is 3. The van der Waals surface area contributed by atoms with E-state index in [0.717, 1.165) is 43.1 Å². The van der Waals surface area contributed by atoms with Crippen LogP contribution in [0.3, 0.4) is 0 Å². The van der Waals surface area contributed by atoms with Crippen LogP contribution < -0.4 is 15.0 Å². The van der Waals surface area contributed by atoms with Crippen molar-refractivity contribution in [3.8, 4) is 5.75 Å². The Bertz CT molecular complexity index is 710. The fourth-order valence-electron chi connectivity index (χ4n) is 3.10. The van der Waals surface area contributed by atoms with Crippen LogP contribution in [-0.2, 0) is 17.9 Å². The fraction of sp³-hybridized carbons (Fsp3) is 0.350. The maximum Gasteiger partial charge on any atom is 0.227 e. The second kappa shape index (κ2) is 7.49. The van der Waals surface area contributed by atoms with E-state index in [4.69, 9.17) is 4.74 Å². The van der Waals surface area contributed by atoms with Crippen molar-refractivity contribution in [1.82, 2.24) is 5.32 Å². The third-order valence-corrected chi connectivity index (χ3v) is 4.40. The van der Waals surface area contributed by atoms with Gasteiger partial charge in [0.25, 0.3) is 0 Å². The summed E-state index contributed by atoms with van der Waals surface area (Å²) in [6.45, 7) is 4.47. The molecule has 0 radical (unpaired) electrons. The molecule has 1 fully saturated rings. The summed E-state index contributed by atoms with van der Waals surface area (Å²) in [7, 11) is 1.70. The fourth-order valence-corrected chi connectivity index (χ4v) is 3.10. The summed E-state index contributed by atoms with van der Waals surface area (Å²) in [6.07, 6.45) is 1.63. The minimum absolute atomic E-state index is 0.229. The van der Waals surface area contributed by atoms with Crippen molar-refractivity contribution in [3.05, 3.63) is 59.2 Å². The Balaban J connectivity index is 1.57. The van der Waals surface area contributed by atoms with Gasteiger partial charge in [-0.25, -0.2) is 0 Å². The predicted octanol–water partition coefficient (Wildman–Crippen LogP) is 3.42. The molecule has 3 rings (SSSR count). The molecule has 1 heterocycles. The highest BCUT2D eigenvalue weighted by atomic mass is 16.5. The summed E-state index contributed by atoms with van der Waals surface area (Å²) in [5, 5.41) is 3.46. The van der Waals surface area contributed by atoms with Crippen molar-refractivity contribution >= 4 is 11.6 Å². The van der Waals surface area contributed by atoms with Crippen LogP contribution >= 0.6 is 0 Å². The molecule has 2 aromatic rings. The van der Waals surface area contributed by atoms with Crippen LogP contribution in [0.5, 0.6) is 5.75 Å². The van der Waals surface area contributed by atoms with Crippen LogP contribution in [0.1, 0.15) is 29.5 Å². The van der Waals surface area contributed by atoms with Crippen LogP contribution in [0.4, 0.5) is 5.69 Å². The molecule has 126 valence electrons. The monoisotopic (exact) mass is 324 g/mol. The third kappa shape index (κ3) is 3.77. The number of benzene rings is 2. The average Bonchev–Trinajstić information content (AvgIpc) is 3.02. The van der Waals surface area contributed by atoms with Gasteiger partial charge < -0.3 is 15.0 Å². The molecule has 0 unspecified atom stereocenters. The van der Waals surface area contributed by atoms with Crippen LogP contribution in [0, 0.1) is 6.92 Å². The molecule has 1 saturated heterocycles. The molecule has 24 heavy (non-hydrogen) atoms. The van der Waals surface area contributed by atoms with Gasteiger partial charge in [-0.15, -0.1) is 0 Å². The number of ether oxygens (including phenoxy) is 1. The van der Waals surface area contributed by atoms with Crippen LogP contribution in [-0.4, -0.2) is 19.6 Å². The lowest BCUT2D eigenvalue weighted by molar-refractivity contribution is -0.117. The lowest BCUT2D eigenvalue weighted by atomic mass is 10.1. The molecule has 4 heteroatoms. The lowest BCUT2D eigenvalue weighted by Crippen LogP contribution is -2.23. The standard InChI is InChI=1S/C20H24N2O2/c1-15-5-10-19(24-2)17(12-15)14-21-13-16-6-8-18(9-7-16)22-11-3-4-20(22)23/h5-10,12,21H,3-4,11,13-14H2,1-2H3. The first-order chi connectivity index (χ1) is 11.7. The first-order valence-electron chi connectivity index (χ1n) is 8.41. The van der Waals surface area contributed by atoms with Gasteiger partial charge >= 0.3 is 0 Å². The van der Waals surface area contributed by atoms with Gasteiger partial charge in [-0.1, -0.05) is 29.8 Å². The van der Waals surface area contributed by atoms with Gasteiger partial charge in [0.2, 0.25) is 5.91 Å². The van der Waals surface area contributed by atoms with E-state index in [1.165, 1.54) is 11.1 Å². The van der Waals surface area contributed by atoms with Gasteiger partial charge in [0.1, 0.15) is 5.75 Å². The van der Waals surface area contributed by atoms with Gasteiger partial charge in [0, 0.05) is 37.3 Å². The Morgan fingerprint density at radius 3 is 2.58 bits per heavy atom. The van der Waals surface area contributed by atoms with Crippen molar-refractivity contribution < 1.29 is 9.53 Å². The summed E-state index contributed by atoms with van der Waals surface area (Å²) < 4.78 is 5.41. The van der Waals surface area contributed by atoms with E-state index in [0.29, 0.717) is 6.42 Å². The summed E-state index contributed by atoms with van der Waals surface area (Å²) in [5.41, 5.74) is 4.60. The van der Waals surface area contributed by atoms with Gasteiger partial charge in [0.15, 0.2) is 0 Å². The molecular formula is C20H24N2O2. The number of hydrogen-bond donors (Lipinski definition) is 1. The number of carbonyl (C=O) groups excluding carboxylic acids is 1. The lowest BCUT2D eigenvalue weighted by Gasteiger charge is -2.16. The van der Waals surface area contributed by atoms with Gasteiger partial charge in [-0.2, -0.15) is 0 Å². The molecule has 1 aliphatic rings. The zero-order valence-corrected chi connectivity index (χ0v) is 14.3. The van der Waals surface area contributed by atoms with Gasteiger partial charge in [-0.05, 0) is 37.1 Å². The quantitative estimate of drug-likeness (QED) is 0.885. The highest BCUT2D eigenvalue weighted by Crippen LogP contribution is 2.22. The van der Waals surface area contributed by atoms with Crippen molar-refractivity contribution in [3.63, 3.8) is 0 Å². The third-order valence-electron chi connectivity index (χ3n) is 4.40. The van der Waals surface area contributed by atoms with E-state index >= 15 is 0 Å². The molecule has 1 N–H and O–H groups in total. The molecule has 1 amide bonds. The zero-order valence-electron chi connectivity index (χ0n) is 14.3. The maximum atomic E-state index is 11.8. The minimum Gasteiger partial charge on any atom is -0.496 e. The molecule has 2 aromatic carbocycles. The molecule has 0 spiro atoms. The average molecular weight is 324 g/mol. The SMILES string of the molecule is COc1ccc(C)cc1CNCc1ccc(N2CCCC2=O)cc1. The second-order valence-corrected chi connectivity index (χ2v) is 6.23. The number of aryl methyl sites for hydroxylation is 1. The van der Waals surface area contributed by atoms with Crippen LogP contribution in [0.25, 0.3) is 0 Å². The van der Waals surface area contributed by atoms with Crippen LogP contribution in [0.15, 0.2) is 42.5 Å². The van der Waals surface area contributed by atoms with E-state index < -0.39 is 0 Å². The Labute approximate surface area is 143 Å². The van der Waals surface area contributed by atoms with Crippen molar-refractivity contribution in [2.75, 3.05) is 18.6 Å². The Morgan fingerprint density at radius 2 is 1.92 bits per heavy atom. The first kappa shape index (κ1) is 16.5. The Hall–Kier alpha value is -2.33. The zero-order chi connectivity index (χ0) is 16.9. The minimum atomic E-state index is 0.229. The first-order valence-corrected chi connectivity index (χ1v) is 8.41. The molecule has 4 nitrogen and oxygen atoms in total. The molecule has 0 saturated carbocycles. The largest absolute Gasteiger partial charge is 0.496 e. The second-order valence-electron chi connectivity index (χ2n) is 6.23. The number of amides is 1. The van der Waals surface area contributed by atoms with Gasteiger partial charge in [-0.3, -0.25) is 4.79 Å². The van der Waals surface area contributed by atoms with Crippen molar-refractivity contribution in [2.45, 2.75) is 32.9 Å². The highest BCUT2D eigenvalue weighted by Gasteiger charge is 2.21. The van der Waals surface area contributed by atoms with E-state index in [9.17, 15) is 4.79 Å². The van der Waals surface area contributed by atoms with Crippen molar-refractivity contribution in [1.29, 1.82) is 0 Å². The van der Waals surface area contributed by atoms with Crippen molar-refractivity contribution in [2.24, 2.45) is 0 Å². The molecule has 0 aromatic heterocycles. The number of nitrogens with one attached hydrogen (secondary N) is 1.